The van der Waals surface area contributed by atoms with Gasteiger partial charge in [-0.15, -0.1) is 11.3 Å². The van der Waals surface area contributed by atoms with Crippen LogP contribution >= 0.6 is 34.5 Å². The van der Waals surface area contributed by atoms with Crippen LogP contribution in [0, 0.1) is 0 Å². The summed E-state index contributed by atoms with van der Waals surface area (Å²) in [6, 6.07) is 11.0. The molecule has 9 heteroatoms. The molecule has 1 aliphatic heterocycles. The second-order valence-corrected chi connectivity index (χ2v) is 7.81. The van der Waals surface area contributed by atoms with Gasteiger partial charge in [-0.25, -0.2) is 4.68 Å². The summed E-state index contributed by atoms with van der Waals surface area (Å²) in [4.78, 5) is 16.9. The maximum atomic E-state index is 11.6. The second-order valence-electron chi connectivity index (χ2n) is 6.16. The summed E-state index contributed by atoms with van der Waals surface area (Å²) in [5.41, 5.74) is 3.19. The maximum Gasteiger partial charge on any atom is 0.262 e. The van der Waals surface area contributed by atoms with Gasteiger partial charge in [-0.2, -0.15) is 5.10 Å². The topological polar surface area (TPSA) is 68.0 Å². The van der Waals surface area contributed by atoms with Crippen LogP contribution in [0.2, 0.25) is 10.0 Å². The Kier molecular flexibility index (Phi) is 5.71. The van der Waals surface area contributed by atoms with Crippen molar-refractivity contribution in [3.63, 3.8) is 0 Å². The summed E-state index contributed by atoms with van der Waals surface area (Å²) in [7, 11) is 0. The van der Waals surface area contributed by atoms with Crippen LogP contribution in [0.1, 0.15) is 12.5 Å². The average molecular weight is 447 g/mol. The molecule has 0 fully saturated rings. The van der Waals surface area contributed by atoms with E-state index in [1.807, 2.05) is 36.6 Å². The SMILES string of the molecule is CCN=c1scc(-c2ccc3c(c2)NC(=O)CO3)n1N=Cc1ccc(Cl)c(Cl)c1. The Bertz CT molecular complexity index is 1180. The molecule has 1 aromatic heterocycles. The molecule has 0 radical (unpaired) electrons. The minimum absolute atomic E-state index is 0.0261. The van der Waals surface area contributed by atoms with E-state index in [0.29, 0.717) is 28.0 Å². The van der Waals surface area contributed by atoms with Gasteiger partial charge in [0.25, 0.3) is 5.91 Å². The summed E-state index contributed by atoms with van der Waals surface area (Å²) in [6.07, 6.45) is 1.70. The molecule has 1 N–H and O–H groups in total. The standard InChI is InChI=1S/C20H16Cl2N4O2S/c1-2-23-20-26(24-9-12-3-5-14(21)15(22)7-12)17(11-29-20)13-4-6-18-16(8-13)25-19(27)10-28-18/h3-9,11H,2,10H2,1H3,(H,25,27). The molecule has 0 bridgehead atoms. The van der Waals surface area contributed by atoms with Gasteiger partial charge in [-0.3, -0.25) is 9.79 Å². The summed E-state index contributed by atoms with van der Waals surface area (Å²) in [6.45, 7) is 2.63. The van der Waals surface area contributed by atoms with Crippen molar-refractivity contribution < 1.29 is 9.53 Å². The Hall–Kier alpha value is -2.61. The highest BCUT2D eigenvalue weighted by molar-refractivity contribution is 7.07. The lowest BCUT2D eigenvalue weighted by molar-refractivity contribution is -0.118. The van der Waals surface area contributed by atoms with E-state index < -0.39 is 0 Å². The van der Waals surface area contributed by atoms with Gasteiger partial charge in [0.15, 0.2) is 6.61 Å². The van der Waals surface area contributed by atoms with Crippen LogP contribution in [0.5, 0.6) is 5.75 Å². The Morgan fingerprint density at radius 2 is 2.10 bits per heavy atom. The Morgan fingerprint density at radius 3 is 2.90 bits per heavy atom. The monoisotopic (exact) mass is 446 g/mol. The zero-order chi connectivity index (χ0) is 20.4. The lowest BCUT2D eigenvalue weighted by Gasteiger charge is -2.18. The number of hydrogen-bond donors (Lipinski definition) is 1. The number of aromatic nitrogens is 1. The number of nitrogens with one attached hydrogen (secondary N) is 1. The third kappa shape index (κ3) is 4.22. The van der Waals surface area contributed by atoms with Crippen LogP contribution in [-0.4, -0.2) is 29.9 Å². The fourth-order valence-corrected chi connectivity index (χ4v) is 4.02. The van der Waals surface area contributed by atoms with Crippen molar-refractivity contribution in [1.29, 1.82) is 0 Å². The molecule has 2 heterocycles. The third-order valence-corrected chi connectivity index (χ3v) is 5.75. The number of amides is 1. The predicted octanol–water partition coefficient (Wildman–Crippen LogP) is 4.66. The summed E-state index contributed by atoms with van der Waals surface area (Å²) in [5.74, 6) is 0.472. The van der Waals surface area contributed by atoms with E-state index >= 15 is 0 Å². The third-order valence-electron chi connectivity index (χ3n) is 4.15. The number of rotatable bonds is 4. The number of benzene rings is 2. The van der Waals surface area contributed by atoms with E-state index in [1.54, 1.807) is 23.0 Å². The number of fused-ring (bicyclic) bond motifs is 1. The van der Waals surface area contributed by atoms with E-state index in [2.05, 4.69) is 15.4 Å². The molecule has 29 heavy (non-hydrogen) atoms. The maximum absolute atomic E-state index is 11.6. The highest BCUT2D eigenvalue weighted by atomic mass is 35.5. The van der Waals surface area contributed by atoms with E-state index in [9.17, 15) is 4.79 Å². The number of carbonyl (C=O) groups is 1. The van der Waals surface area contributed by atoms with Crippen LogP contribution in [0.25, 0.3) is 11.3 Å². The van der Waals surface area contributed by atoms with Crippen LogP contribution < -0.4 is 14.9 Å². The lowest BCUT2D eigenvalue weighted by Crippen LogP contribution is -2.25. The predicted molar refractivity (Wildman–Crippen MR) is 117 cm³/mol. The zero-order valence-electron chi connectivity index (χ0n) is 15.4. The van der Waals surface area contributed by atoms with Crippen molar-refractivity contribution in [3.05, 3.63) is 62.2 Å². The second kappa shape index (κ2) is 8.41. The average Bonchev–Trinajstić information content (AvgIpc) is 3.11. The molecule has 0 atom stereocenters. The quantitative estimate of drug-likeness (QED) is 0.592. The van der Waals surface area contributed by atoms with Gasteiger partial charge in [0.05, 0.1) is 27.6 Å². The van der Waals surface area contributed by atoms with Crippen molar-refractivity contribution in [2.75, 3.05) is 18.5 Å². The van der Waals surface area contributed by atoms with Crippen LogP contribution in [0.3, 0.4) is 0 Å². The molecule has 0 saturated heterocycles. The first kappa shape index (κ1) is 19.7. The highest BCUT2D eigenvalue weighted by Gasteiger charge is 2.17. The number of thiazole rings is 1. The van der Waals surface area contributed by atoms with Gasteiger partial charge in [-0.1, -0.05) is 29.3 Å². The van der Waals surface area contributed by atoms with Gasteiger partial charge in [0.2, 0.25) is 4.80 Å². The van der Waals surface area contributed by atoms with Crippen molar-refractivity contribution >= 4 is 52.3 Å². The highest BCUT2D eigenvalue weighted by Crippen LogP contribution is 2.33. The first-order valence-corrected chi connectivity index (χ1v) is 10.5. The minimum Gasteiger partial charge on any atom is -0.482 e. The normalized spacial score (nSPS) is 14.0. The zero-order valence-corrected chi connectivity index (χ0v) is 17.7. The molecular formula is C20H16Cl2N4O2S. The van der Waals surface area contributed by atoms with Crippen molar-refractivity contribution in [3.8, 4) is 17.0 Å². The smallest absolute Gasteiger partial charge is 0.262 e. The molecular weight excluding hydrogens is 431 g/mol. The first-order chi connectivity index (χ1) is 14.0. The molecule has 1 aliphatic rings. The fraction of sp³-hybridized carbons (Fsp3) is 0.150. The molecule has 2 aromatic carbocycles. The summed E-state index contributed by atoms with van der Waals surface area (Å²) in [5, 5.41) is 10.4. The summed E-state index contributed by atoms with van der Waals surface area (Å²) < 4.78 is 7.21. The summed E-state index contributed by atoms with van der Waals surface area (Å²) >= 11 is 13.6. The fourth-order valence-electron chi connectivity index (χ4n) is 2.81. The molecule has 1 amide bonds. The van der Waals surface area contributed by atoms with Gasteiger partial charge in [-0.05, 0) is 42.8 Å². The van der Waals surface area contributed by atoms with Crippen LogP contribution in [-0.2, 0) is 4.79 Å². The van der Waals surface area contributed by atoms with E-state index in [4.69, 9.17) is 27.9 Å². The van der Waals surface area contributed by atoms with Gasteiger partial charge in [0, 0.05) is 17.5 Å². The lowest BCUT2D eigenvalue weighted by atomic mass is 10.1. The number of nitrogens with zero attached hydrogens (tertiary/aromatic N) is 3. The minimum atomic E-state index is -0.174. The number of carbonyl (C=O) groups excluding carboxylic acids is 1. The van der Waals surface area contributed by atoms with Gasteiger partial charge < -0.3 is 10.1 Å². The van der Waals surface area contributed by atoms with Gasteiger partial charge in [0.1, 0.15) is 5.75 Å². The van der Waals surface area contributed by atoms with E-state index in [-0.39, 0.29) is 12.5 Å². The number of ether oxygens (including phenoxy) is 1. The number of anilines is 1. The Morgan fingerprint density at radius 1 is 1.24 bits per heavy atom. The molecule has 0 spiro atoms. The molecule has 6 nitrogen and oxygen atoms in total. The Balaban J connectivity index is 1.76. The number of hydrogen-bond acceptors (Lipinski definition) is 5. The van der Waals surface area contributed by atoms with Crippen molar-refractivity contribution in [1.82, 2.24) is 4.68 Å². The van der Waals surface area contributed by atoms with Crippen molar-refractivity contribution in [2.24, 2.45) is 10.1 Å². The largest absolute Gasteiger partial charge is 0.482 e. The molecule has 0 aliphatic carbocycles. The molecule has 0 saturated carbocycles. The molecule has 3 aromatic rings. The molecule has 148 valence electrons. The first-order valence-electron chi connectivity index (χ1n) is 8.82. The Labute approximate surface area is 181 Å². The van der Waals surface area contributed by atoms with Crippen molar-refractivity contribution in [2.45, 2.75) is 6.92 Å². The molecule has 4 rings (SSSR count). The van der Waals surface area contributed by atoms with Crippen LogP contribution in [0.4, 0.5) is 5.69 Å². The van der Waals surface area contributed by atoms with Crippen LogP contribution in [0.15, 0.2) is 51.9 Å². The number of halogens is 2. The molecule has 0 unspecified atom stereocenters. The van der Waals surface area contributed by atoms with Gasteiger partial charge >= 0.3 is 0 Å². The van der Waals surface area contributed by atoms with E-state index in [0.717, 1.165) is 21.6 Å². The van der Waals surface area contributed by atoms with E-state index in [1.165, 1.54) is 11.3 Å².